The van der Waals surface area contributed by atoms with E-state index in [1.54, 1.807) is 0 Å². The Hall–Kier alpha value is -1.67. The lowest BCUT2D eigenvalue weighted by Gasteiger charge is -2.32. The number of nitrogens with zero attached hydrogens (tertiary/aromatic N) is 1. The number of nitrogens with one attached hydrogen (secondary N) is 2. The maximum atomic E-state index is 11.9. The van der Waals surface area contributed by atoms with E-state index in [0.29, 0.717) is 11.6 Å². The average molecular weight is 365 g/mol. The van der Waals surface area contributed by atoms with Gasteiger partial charge in [0.15, 0.2) is 0 Å². The summed E-state index contributed by atoms with van der Waals surface area (Å²) in [6.07, 6.45) is 6.24. The van der Waals surface area contributed by atoms with Crippen LogP contribution in [0.3, 0.4) is 0 Å². The van der Waals surface area contributed by atoms with Gasteiger partial charge in [-0.05, 0) is 68.5 Å². The van der Waals surface area contributed by atoms with Gasteiger partial charge in [0, 0.05) is 12.1 Å². The third-order valence-corrected chi connectivity index (χ3v) is 7.93. The SMILES string of the molecule is CNS(=O)(=O)c1ccc(N[C@@H]2C[C@H]3C[C@H]2[C@@H]2CCC[C@H]32)c([N+](=O)[O-])c1. The summed E-state index contributed by atoms with van der Waals surface area (Å²) in [5.74, 6) is 2.97. The van der Waals surface area contributed by atoms with E-state index in [0.717, 1.165) is 30.2 Å². The van der Waals surface area contributed by atoms with Crippen LogP contribution >= 0.6 is 0 Å². The smallest absolute Gasteiger partial charge is 0.293 e. The van der Waals surface area contributed by atoms with E-state index in [1.165, 1.54) is 44.9 Å². The van der Waals surface area contributed by atoms with E-state index in [4.69, 9.17) is 0 Å². The van der Waals surface area contributed by atoms with Crippen LogP contribution in [0.25, 0.3) is 0 Å². The fourth-order valence-corrected chi connectivity index (χ4v) is 6.25. The number of rotatable bonds is 5. The monoisotopic (exact) mass is 365 g/mol. The Kier molecular flexibility index (Phi) is 3.99. The first-order valence-electron chi connectivity index (χ1n) is 8.89. The molecule has 3 aliphatic carbocycles. The maximum absolute atomic E-state index is 11.9. The minimum Gasteiger partial charge on any atom is -0.376 e. The number of anilines is 1. The molecule has 136 valence electrons. The zero-order valence-corrected chi connectivity index (χ0v) is 15.0. The normalized spacial score (nSPS) is 33.4. The summed E-state index contributed by atoms with van der Waals surface area (Å²) in [6, 6.07) is 4.35. The molecule has 3 fully saturated rings. The Morgan fingerprint density at radius 2 is 1.92 bits per heavy atom. The highest BCUT2D eigenvalue weighted by molar-refractivity contribution is 7.89. The van der Waals surface area contributed by atoms with Crippen LogP contribution in [-0.4, -0.2) is 26.4 Å². The standard InChI is InChI=1S/C17H23N3O4S/c1-18-25(23,24)11-5-6-15(17(9-11)20(21)22)19-16-8-10-7-14(16)13-4-2-3-12(10)13/h5-6,9-10,12-14,16,18-19H,2-4,7-8H2,1H3/t10-,12-,13-,14+,16-/m1/s1. The summed E-state index contributed by atoms with van der Waals surface area (Å²) in [6.45, 7) is 0. The Balaban J connectivity index is 1.60. The molecule has 7 nitrogen and oxygen atoms in total. The van der Waals surface area contributed by atoms with Gasteiger partial charge >= 0.3 is 0 Å². The van der Waals surface area contributed by atoms with E-state index in [1.807, 2.05) is 0 Å². The van der Waals surface area contributed by atoms with Crippen molar-refractivity contribution in [1.82, 2.24) is 4.72 Å². The minimum atomic E-state index is -3.70. The second-order valence-electron chi connectivity index (χ2n) is 7.55. The maximum Gasteiger partial charge on any atom is 0.293 e. The molecule has 4 rings (SSSR count). The molecule has 3 aliphatic rings. The van der Waals surface area contributed by atoms with Crippen molar-refractivity contribution in [3.05, 3.63) is 28.3 Å². The van der Waals surface area contributed by atoms with Crippen LogP contribution in [0.2, 0.25) is 0 Å². The van der Waals surface area contributed by atoms with Crippen molar-refractivity contribution in [2.75, 3.05) is 12.4 Å². The number of benzene rings is 1. The molecule has 0 aromatic heterocycles. The summed E-state index contributed by atoms with van der Waals surface area (Å²) in [5, 5.41) is 14.8. The number of nitro benzene ring substituents is 1. The summed E-state index contributed by atoms with van der Waals surface area (Å²) < 4.78 is 26.0. The molecule has 0 aliphatic heterocycles. The first-order valence-corrected chi connectivity index (χ1v) is 10.4. The van der Waals surface area contributed by atoms with Crippen molar-refractivity contribution in [1.29, 1.82) is 0 Å². The van der Waals surface area contributed by atoms with Crippen molar-refractivity contribution in [3.8, 4) is 0 Å². The summed E-state index contributed by atoms with van der Waals surface area (Å²) in [5.41, 5.74) is 0.245. The molecule has 3 saturated carbocycles. The van der Waals surface area contributed by atoms with Crippen molar-refractivity contribution < 1.29 is 13.3 Å². The highest BCUT2D eigenvalue weighted by Gasteiger charge is 2.53. The number of sulfonamides is 1. The molecule has 0 heterocycles. The van der Waals surface area contributed by atoms with Gasteiger partial charge in [0.25, 0.3) is 5.69 Å². The van der Waals surface area contributed by atoms with Gasteiger partial charge in [-0.1, -0.05) is 6.42 Å². The Morgan fingerprint density at radius 3 is 2.64 bits per heavy atom. The van der Waals surface area contributed by atoms with Gasteiger partial charge in [0.05, 0.1) is 9.82 Å². The first-order chi connectivity index (χ1) is 11.9. The van der Waals surface area contributed by atoms with E-state index in [9.17, 15) is 18.5 Å². The molecule has 0 unspecified atom stereocenters. The van der Waals surface area contributed by atoms with Gasteiger partial charge in [-0.15, -0.1) is 0 Å². The number of hydrogen-bond donors (Lipinski definition) is 2. The minimum absolute atomic E-state index is 0.0870. The van der Waals surface area contributed by atoms with Crippen molar-refractivity contribution >= 4 is 21.4 Å². The molecule has 2 N–H and O–H groups in total. The van der Waals surface area contributed by atoms with Gasteiger partial charge in [0.2, 0.25) is 10.0 Å². The molecule has 0 saturated heterocycles. The van der Waals surface area contributed by atoms with Gasteiger partial charge in [-0.3, -0.25) is 10.1 Å². The van der Waals surface area contributed by atoms with Crippen LogP contribution in [-0.2, 0) is 10.0 Å². The Labute approximate surface area is 147 Å². The largest absolute Gasteiger partial charge is 0.376 e. The summed E-state index contributed by atoms with van der Waals surface area (Å²) in [4.78, 5) is 10.9. The van der Waals surface area contributed by atoms with Crippen molar-refractivity contribution in [2.45, 2.75) is 43.0 Å². The second kappa shape index (κ2) is 5.95. The zero-order chi connectivity index (χ0) is 17.8. The van der Waals surface area contributed by atoms with Crippen LogP contribution in [0.5, 0.6) is 0 Å². The predicted molar refractivity (Wildman–Crippen MR) is 93.8 cm³/mol. The third kappa shape index (κ3) is 2.71. The predicted octanol–water partition coefficient (Wildman–Crippen LogP) is 2.74. The fraction of sp³-hybridized carbons (Fsp3) is 0.647. The van der Waals surface area contributed by atoms with Gasteiger partial charge < -0.3 is 5.32 Å². The van der Waals surface area contributed by atoms with E-state index < -0.39 is 14.9 Å². The highest BCUT2D eigenvalue weighted by atomic mass is 32.2. The molecule has 8 heteroatoms. The molecule has 0 spiro atoms. The fourth-order valence-electron chi connectivity index (χ4n) is 5.50. The van der Waals surface area contributed by atoms with E-state index in [-0.39, 0.29) is 16.6 Å². The molecule has 1 aromatic carbocycles. The van der Waals surface area contributed by atoms with Crippen molar-refractivity contribution in [3.63, 3.8) is 0 Å². The van der Waals surface area contributed by atoms with Gasteiger partial charge in [-0.2, -0.15) is 0 Å². The lowest BCUT2D eigenvalue weighted by molar-refractivity contribution is -0.384. The van der Waals surface area contributed by atoms with Crippen LogP contribution in [0, 0.1) is 33.8 Å². The molecule has 5 atom stereocenters. The molecule has 2 bridgehead atoms. The van der Waals surface area contributed by atoms with Crippen LogP contribution in [0.1, 0.15) is 32.1 Å². The first kappa shape index (κ1) is 16.8. The lowest BCUT2D eigenvalue weighted by Crippen LogP contribution is -2.34. The molecule has 0 radical (unpaired) electrons. The van der Waals surface area contributed by atoms with E-state index >= 15 is 0 Å². The zero-order valence-electron chi connectivity index (χ0n) is 14.1. The van der Waals surface area contributed by atoms with Gasteiger partial charge in [0.1, 0.15) is 5.69 Å². The number of fused-ring (bicyclic) bond motifs is 5. The lowest BCUT2D eigenvalue weighted by atomic mass is 9.79. The molecule has 1 aromatic rings. The van der Waals surface area contributed by atoms with Crippen LogP contribution in [0.15, 0.2) is 23.1 Å². The highest BCUT2D eigenvalue weighted by Crippen LogP contribution is 2.59. The van der Waals surface area contributed by atoms with E-state index in [2.05, 4.69) is 10.0 Å². The number of nitro groups is 1. The Bertz CT molecular complexity index is 810. The molecular weight excluding hydrogens is 342 g/mol. The molecule has 0 amide bonds. The topological polar surface area (TPSA) is 101 Å². The van der Waals surface area contributed by atoms with Gasteiger partial charge in [-0.25, -0.2) is 13.1 Å². The number of hydrogen-bond acceptors (Lipinski definition) is 5. The quantitative estimate of drug-likeness (QED) is 0.617. The second-order valence-corrected chi connectivity index (χ2v) is 9.43. The Morgan fingerprint density at radius 1 is 1.16 bits per heavy atom. The van der Waals surface area contributed by atoms with Crippen LogP contribution < -0.4 is 10.0 Å². The summed E-state index contributed by atoms with van der Waals surface area (Å²) in [7, 11) is -2.41. The molecular formula is C17H23N3O4S. The molecule has 25 heavy (non-hydrogen) atoms. The third-order valence-electron chi connectivity index (χ3n) is 6.51. The summed E-state index contributed by atoms with van der Waals surface area (Å²) >= 11 is 0. The van der Waals surface area contributed by atoms with Crippen molar-refractivity contribution in [2.24, 2.45) is 23.7 Å². The van der Waals surface area contributed by atoms with Crippen LogP contribution in [0.4, 0.5) is 11.4 Å². The average Bonchev–Trinajstić information content (AvgIpc) is 3.27.